The van der Waals surface area contributed by atoms with Crippen molar-refractivity contribution in [3.05, 3.63) is 0 Å². The Labute approximate surface area is 101 Å². The number of Topliss-reactive ketones (excluding diaryl/α,β-unsaturated/α-hetero) is 1. The second-order valence-electron chi connectivity index (χ2n) is 6.92. The Morgan fingerprint density at radius 3 is 2.19 bits per heavy atom. The third kappa shape index (κ3) is 3.70. The Balaban J connectivity index is 2.70. The minimum Gasteiger partial charge on any atom is -0.414 e. The van der Waals surface area contributed by atoms with E-state index in [1.54, 1.807) is 0 Å². The lowest BCUT2D eigenvalue weighted by Crippen LogP contribution is -2.39. The topological polar surface area (TPSA) is 26.3 Å². The van der Waals surface area contributed by atoms with E-state index in [-0.39, 0.29) is 17.4 Å². The first-order valence-corrected chi connectivity index (χ1v) is 9.74. The molecule has 0 aromatic heterocycles. The van der Waals surface area contributed by atoms with Gasteiger partial charge in [-0.05, 0) is 32.5 Å². The van der Waals surface area contributed by atoms with Crippen LogP contribution in [-0.4, -0.2) is 20.2 Å². The summed E-state index contributed by atoms with van der Waals surface area (Å²) in [6.07, 6.45) is 3.42. The van der Waals surface area contributed by atoms with Gasteiger partial charge in [0, 0.05) is 11.3 Å². The van der Waals surface area contributed by atoms with E-state index in [2.05, 4.69) is 19.6 Å². The van der Waals surface area contributed by atoms with Crippen LogP contribution in [0.5, 0.6) is 0 Å². The van der Waals surface area contributed by atoms with Gasteiger partial charge in [0.15, 0.2) is 8.32 Å². The molecular weight excluding hydrogens is 216 g/mol. The summed E-state index contributed by atoms with van der Waals surface area (Å²) >= 11 is 0. The normalized spacial score (nSPS) is 27.1. The zero-order valence-corrected chi connectivity index (χ0v) is 12.6. The average molecular weight is 242 g/mol. The molecule has 0 spiro atoms. The van der Waals surface area contributed by atoms with Crippen LogP contribution in [0, 0.1) is 11.3 Å². The second kappa shape index (κ2) is 4.61. The predicted octanol–water partition coefficient (Wildman–Crippen LogP) is 3.62. The molecule has 0 radical (unpaired) electrons. The van der Waals surface area contributed by atoms with Crippen molar-refractivity contribution in [3.8, 4) is 0 Å². The maximum atomic E-state index is 12.3. The molecule has 2 atom stereocenters. The number of carbonyl (C=O) groups is 1. The largest absolute Gasteiger partial charge is 0.414 e. The number of carbonyl (C=O) groups excluding carboxylic acids is 1. The van der Waals surface area contributed by atoms with Crippen LogP contribution >= 0.6 is 0 Å². The molecule has 1 saturated carbocycles. The van der Waals surface area contributed by atoms with E-state index >= 15 is 0 Å². The summed E-state index contributed by atoms with van der Waals surface area (Å²) in [5, 5.41) is 0. The molecule has 1 aliphatic rings. The zero-order chi connectivity index (χ0) is 12.6. The summed E-state index contributed by atoms with van der Waals surface area (Å²) in [6, 6.07) is 0. The molecule has 1 fully saturated rings. The van der Waals surface area contributed by atoms with Gasteiger partial charge in [-0.2, -0.15) is 0 Å². The fourth-order valence-electron chi connectivity index (χ4n) is 2.38. The van der Waals surface area contributed by atoms with Gasteiger partial charge in [0.25, 0.3) is 0 Å². The molecule has 0 unspecified atom stereocenters. The number of ketones is 1. The van der Waals surface area contributed by atoms with Gasteiger partial charge >= 0.3 is 0 Å². The molecule has 0 bridgehead atoms. The quantitative estimate of drug-likeness (QED) is 0.707. The molecule has 2 nitrogen and oxygen atoms in total. The van der Waals surface area contributed by atoms with Gasteiger partial charge in [0.1, 0.15) is 5.78 Å². The molecule has 1 aliphatic carbocycles. The average Bonchev–Trinajstić information content (AvgIpc) is 2.46. The highest BCUT2D eigenvalue weighted by molar-refractivity contribution is 6.69. The van der Waals surface area contributed by atoms with Gasteiger partial charge in [-0.1, -0.05) is 27.2 Å². The van der Waals surface area contributed by atoms with E-state index in [1.165, 1.54) is 0 Å². The molecular formula is C13H26O2Si. The Hall–Kier alpha value is -0.153. The van der Waals surface area contributed by atoms with Crippen LogP contribution in [0.2, 0.25) is 19.6 Å². The minimum atomic E-state index is -1.52. The van der Waals surface area contributed by atoms with Gasteiger partial charge in [0.05, 0.1) is 6.10 Å². The summed E-state index contributed by atoms with van der Waals surface area (Å²) in [5.74, 6) is 0.528. The Morgan fingerprint density at radius 2 is 1.75 bits per heavy atom. The summed E-state index contributed by atoms with van der Waals surface area (Å²) in [5.41, 5.74) is -0.226. The van der Waals surface area contributed by atoms with Crippen molar-refractivity contribution in [1.29, 1.82) is 0 Å². The van der Waals surface area contributed by atoms with Crippen molar-refractivity contribution in [1.82, 2.24) is 0 Å². The summed E-state index contributed by atoms with van der Waals surface area (Å²) in [7, 11) is -1.52. The van der Waals surface area contributed by atoms with E-state index in [9.17, 15) is 4.79 Å². The molecule has 1 rings (SSSR count). The monoisotopic (exact) mass is 242 g/mol. The minimum absolute atomic E-state index is 0.145. The van der Waals surface area contributed by atoms with Crippen LogP contribution < -0.4 is 0 Å². The molecule has 0 aliphatic heterocycles. The highest BCUT2D eigenvalue weighted by Crippen LogP contribution is 2.35. The van der Waals surface area contributed by atoms with E-state index < -0.39 is 8.32 Å². The Kier molecular flexibility index (Phi) is 4.01. The van der Waals surface area contributed by atoms with Crippen molar-refractivity contribution in [3.63, 3.8) is 0 Å². The van der Waals surface area contributed by atoms with Gasteiger partial charge < -0.3 is 4.43 Å². The molecule has 94 valence electrons. The van der Waals surface area contributed by atoms with Gasteiger partial charge in [-0.3, -0.25) is 4.79 Å². The zero-order valence-electron chi connectivity index (χ0n) is 11.6. The second-order valence-corrected chi connectivity index (χ2v) is 11.4. The summed E-state index contributed by atoms with van der Waals surface area (Å²) in [6.45, 7) is 12.6. The molecule has 0 heterocycles. The van der Waals surface area contributed by atoms with Crippen molar-refractivity contribution in [2.75, 3.05) is 0 Å². The van der Waals surface area contributed by atoms with E-state index in [4.69, 9.17) is 4.43 Å². The van der Waals surface area contributed by atoms with Crippen LogP contribution in [0.15, 0.2) is 0 Å². The fraction of sp³-hybridized carbons (Fsp3) is 0.923. The Bertz CT molecular complexity index is 260. The van der Waals surface area contributed by atoms with Crippen LogP contribution in [0.3, 0.4) is 0 Å². The van der Waals surface area contributed by atoms with E-state index in [0.717, 1.165) is 19.3 Å². The maximum Gasteiger partial charge on any atom is 0.184 e. The molecule has 3 heteroatoms. The third-order valence-corrected chi connectivity index (χ3v) is 4.04. The smallest absolute Gasteiger partial charge is 0.184 e. The first-order valence-electron chi connectivity index (χ1n) is 6.33. The van der Waals surface area contributed by atoms with Gasteiger partial charge in [-0.25, -0.2) is 0 Å². The van der Waals surface area contributed by atoms with Crippen molar-refractivity contribution in [2.45, 2.75) is 65.8 Å². The SMILES string of the molecule is CC(C)(C)C(=O)[C@@H]1CCC[C@@H]1O[Si](C)(C)C. The van der Waals surface area contributed by atoms with Crippen LogP contribution in [0.1, 0.15) is 40.0 Å². The predicted molar refractivity (Wildman–Crippen MR) is 70.0 cm³/mol. The lowest BCUT2D eigenvalue weighted by Gasteiger charge is -2.30. The molecule has 0 aromatic carbocycles. The summed E-state index contributed by atoms with van der Waals surface area (Å²) in [4.78, 5) is 12.3. The first-order chi connectivity index (χ1) is 7.11. The molecule has 16 heavy (non-hydrogen) atoms. The Morgan fingerprint density at radius 1 is 1.19 bits per heavy atom. The molecule has 0 N–H and O–H groups in total. The van der Waals surface area contributed by atoms with Crippen LogP contribution in [0.25, 0.3) is 0 Å². The standard InChI is InChI=1S/C13H26O2Si/c1-13(2,3)12(14)10-8-7-9-11(10)15-16(4,5)6/h10-11H,7-9H2,1-6H3/t10-,11+/m1/s1. The molecule has 0 aromatic rings. The van der Waals surface area contributed by atoms with Crippen molar-refractivity contribution >= 4 is 14.1 Å². The van der Waals surface area contributed by atoms with Crippen LogP contribution in [-0.2, 0) is 9.22 Å². The van der Waals surface area contributed by atoms with E-state index in [1.807, 2.05) is 20.8 Å². The summed E-state index contributed by atoms with van der Waals surface area (Å²) < 4.78 is 6.15. The van der Waals surface area contributed by atoms with Crippen molar-refractivity contribution in [2.24, 2.45) is 11.3 Å². The number of hydrogen-bond acceptors (Lipinski definition) is 2. The van der Waals surface area contributed by atoms with Crippen LogP contribution in [0.4, 0.5) is 0 Å². The lowest BCUT2D eigenvalue weighted by molar-refractivity contribution is -0.132. The molecule has 0 amide bonds. The number of hydrogen-bond donors (Lipinski definition) is 0. The van der Waals surface area contributed by atoms with Gasteiger partial charge in [0.2, 0.25) is 0 Å². The number of rotatable bonds is 3. The van der Waals surface area contributed by atoms with E-state index in [0.29, 0.717) is 5.78 Å². The highest BCUT2D eigenvalue weighted by atomic mass is 28.4. The first kappa shape index (κ1) is 13.9. The van der Waals surface area contributed by atoms with Gasteiger partial charge in [-0.15, -0.1) is 0 Å². The molecule has 0 saturated heterocycles. The lowest BCUT2D eigenvalue weighted by atomic mass is 9.81. The highest BCUT2D eigenvalue weighted by Gasteiger charge is 2.40. The van der Waals surface area contributed by atoms with Crippen molar-refractivity contribution < 1.29 is 9.22 Å². The maximum absolute atomic E-state index is 12.3. The fourth-order valence-corrected chi connectivity index (χ4v) is 3.57. The third-order valence-electron chi connectivity index (χ3n) is 3.03.